The molecule has 76 valence electrons. The zero-order valence-corrected chi connectivity index (χ0v) is 10.2. The summed E-state index contributed by atoms with van der Waals surface area (Å²) in [6.45, 7) is 5.56. The summed E-state index contributed by atoms with van der Waals surface area (Å²) in [5.74, 6) is 0. The number of thioether (sulfide) groups is 1. The van der Waals surface area contributed by atoms with Crippen molar-refractivity contribution in [1.29, 1.82) is 0 Å². The lowest BCUT2D eigenvalue weighted by Gasteiger charge is -2.38. The maximum atomic E-state index is 6.18. The molecule has 3 heteroatoms. The largest absolute Gasteiger partial charge is 0.371 e. The SMILES string of the molecule is CN1CC(C)(C)Sc2cccc(Cl)c21. The van der Waals surface area contributed by atoms with Gasteiger partial charge < -0.3 is 4.90 Å². The number of hydrogen-bond donors (Lipinski definition) is 0. The summed E-state index contributed by atoms with van der Waals surface area (Å²) in [5, 5.41) is 0.855. The van der Waals surface area contributed by atoms with Crippen LogP contribution in [0.25, 0.3) is 0 Å². The molecule has 0 radical (unpaired) electrons. The van der Waals surface area contributed by atoms with Crippen molar-refractivity contribution in [2.45, 2.75) is 23.5 Å². The van der Waals surface area contributed by atoms with Gasteiger partial charge in [0.05, 0.1) is 10.7 Å². The summed E-state index contributed by atoms with van der Waals surface area (Å²) in [6.07, 6.45) is 0. The lowest BCUT2D eigenvalue weighted by atomic mass is 10.1. The Kier molecular flexibility index (Phi) is 2.44. The highest BCUT2D eigenvalue weighted by atomic mass is 35.5. The van der Waals surface area contributed by atoms with Crippen LogP contribution in [0.4, 0.5) is 5.69 Å². The number of anilines is 1. The molecular weight excluding hydrogens is 214 g/mol. The number of rotatable bonds is 0. The minimum atomic E-state index is 0.270. The van der Waals surface area contributed by atoms with Gasteiger partial charge in [-0.25, -0.2) is 0 Å². The Morgan fingerprint density at radius 2 is 2.14 bits per heavy atom. The summed E-state index contributed by atoms with van der Waals surface area (Å²) in [4.78, 5) is 3.53. The molecule has 0 bridgehead atoms. The van der Waals surface area contributed by atoms with E-state index >= 15 is 0 Å². The third-order valence-corrected chi connectivity index (χ3v) is 3.87. The van der Waals surface area contributed by atoms with Crippen LogP contribution in [0.2, 0.25) is 5.02 Å². The van der Waals surface area contributed by atoms with Crippen LogP contribution in [-0.4, -0.2) is 18.3 Å². The van der Waals surface area contributed by atoms with Gasteiger partial charge in [-0.15, -0.1) is 11.8 Å². The van der Waals surface area contributed by atoms with Crippen molar-refractivity contribution < 1.29 is 0 Å². The number of fused-ring (bicyclic) bond motifs is 1. The van der Waals surface area contributed by atoms with Gasteiger partial charge in [-0.2, -0.15) is 0 Å². The van der Waals surface area contributed by atoms with E-state index in [0.29, 0.717) is 0 Å². The second-order valence-electron chi connectivity index (χ2n) is 4.30. The molecule has 1 aliphatic heterocycles. The molecule has 1 aromatic carbocycles. The van der Waals surface area contributed by atoms with Crippen molar-refractivity contribution in [3.05, 3.63) is 23.2 Å². The van der Waals surface area contributed by atoms with Crippen LogP contribution in [-0.2, 0) is 0 Å². The molecular formula is C11H14ClNS. The molecule has 0 unspecified atom stereocenters. The van der Waals surface area contributed by atoms with Crippen molar-refractivity contribution in [3.63, 3.8) is 0 Å². The fraction of sp³-hybridized carbons (Fsp3) is 0.455. The number of benzene rings is 1. The van der Waals surface area contributed by atoms with E-state index < -0.39 is 0 Å². The highest BCUT2D eigenvalue weighted by molar-refractivity contribution is 8.00. The van der Waals surface area contributed by atoms with Crippen LogP contribution in [0.15, 0.2) is 23.1 Å². The predicted molar refractivity (Wildman–Crippen MR) is 64.7 cm³/mol. The van der Waals surface area contributed by atoms with Crippen LogP contribution in [0.5, 0.6) is 0 Å². The van der Waals surface area contributed by atoms with Crippen LogP contribution >= 0.6 is 23.4 Å². The molecule has 0 N–H and O–H groups in total. The molecule has 0 saturated carbocycles. The number of hydrogen-bond acceptors (Lipinski definition) is 2. The highest BCUT2D eigenvalue weighted by Gasteiger charge is 2.30. The zero-order valence-electron chi connectivity index (χ0n) is 8.67. The van der Waals surface area contributed by atoms with Crippen molar-refractivity contribution in [2.24, 2.45) is 0 Å². The maximum absolute atomic E-state index is 6.18. The van der Waals surface area contributed by atoms with Crippen LogP contribution < -0.4 is 4.90 Å². The van der Waals surface area contributed by atoms with E-state index in [2.05, 4.69) is 31.9 Å². The topological polar surface area (TPSA) is 3.24 Å². The van der Waals surface area contributed by atoms with Crippen molar-refractivity contribution >= 4 is 29.1 Å². The van der Waals surface area contributed by atoms with Gasteiger partial charge in [0, 0.05) is 23.2 Å². The first-order valence-corrected chi connectivity index (χ1v) is 5.88. The molecule has 0 fully saturated rings. The smallest absolute Gasteiger partial charge is 0.0691 e. The molecule has 0 atom stereocenters. The van der Waals surface area contributed by atoms with E-state index in [1.807, 2.05) is 23.9 Å². The normalized spacial score (nSPS) is 19.3. The van der Waals surface area contributed by atoms with Gasteiger partial charge in [0.25, 0.3) is 0 Å². The molecule has 1 heterocycles. The lowest BCUT2D eigenvalue weighted by Crippen LogP contribution is -2.37. The Bertz CT molecular complexity index is 362. The third kappa shape index (κ3) is 1.73. The van der Waals surface area contributed by atoms with Crippen molar-refractivity contribution in [1.82, 2.24) is 0 Å². The standard InChI is InChI=1S/C11H14ClNS/c1-11(2)7-13(3)10-8(12)5-4-6-9(10)14-11/h4-6H,7H2,1-3H3. The van der Waals surface area contributed by atoms with Gasteiger partial charge in [0.2, 0.25) is 0 Å². The molecule has 0 saturated heterocycles. The number of nitrogens with zero attached hydrogens (tertiary/aromatic N) is 1. The second kappa shape index (κ2) is 3.35. The molecule has 14 heavy (non-hydrogen) atoms. The quantitative estimate of drug-likeness (QED) is 0.666. The van der Waals surface area contributed by atoms with Crippen molar-refractivity contribution in [3.8, 4) is 0 Å². The van der Waals surface area contributed by atoms with E-state index in [1.165, 1.54) is 10.6 Å². The second-order valence-corrected chi connectivity index (χ2v) is 6.46. The molecule has 0 aliphatic carbocycles. The summed E-state index contributed by atoms with van der Waals surface area (Å²) >= 11 is 8.08. The fourth-order valence-electron chi connectivity index (χ4n) is 1.93. The molecule has 1 aromatic rings. The minimum absolute atomic E-state index is 0.270. The first-order chi connectivity index (χ1) is 6.49. The molecule has 2 rings (SSSR count). The van der Waals surface area contributed by atoms with Gasteiger partial charge in [-0.05, 0) is 26.0 Å². The Hall–Kier alpha value is -0.340. The van der Waals surface area contributed by atoms with Crippen LogP contribution in [0, 0.1) is 0 Å². The maximum Gasteiger partial charge on any atom is 0.0691 e. The van der Waals surface area contributed by atoms with Gasteiger partial charge in [0.15, 0.2) is 0 Å². The van der Waals surface area contributed by atoms with E-state index in [4.69, 9.17) is 11.6 Å². The van der Waals surface area contributed by atoms with E-state index in [1.54, 1.807) is 0 Å². The highest BCUT2D eigenvalue weighted by Crippen LogP contribution is 2.46. The first kappa shape index (κ1) is 10.2. The average molecular weight is 228 g/mol. The average Bonchev–Trinajstić information content (AvgIpc) is 2.00. The number of para-hydroxylation sites is 1. The van der Waals surface area contributed by atoms with E-state index in [-0.39, 0.29) is 4.75 Å². The molecule has 0 spiro atoms. The molecule has 0 aromatic heterocycles. The van der Waals surface area contributed by atoms with Crippen LogP contribution in [0.3, 0.4) is 0 Å². The van der Waals surface area contributed by atoms with Crippen molar-refractivity contribution in [2.75, 3.05) is 18.5 Å². The fourth-order valence-corrected chi connectivity index (χ4v) is 3.67. The Labute approximate surface area is 94.4 Å². The van der Waals surface area contributed by atoms with Gasteiger partial charge >= 0.3 is 0 Å². The monoisotopic (exact) mass is 227 g/mol. The van der Waals surface area contributed by atoms with E-state index in [0.717, 1.165) is 11.6 Å². The van der Waals surface area contributed by atoms with Gasteiger partial charge in [0.1, 0.15) is 0 Å². The summed E-state index contributed by atoms with van der Waals surface area (Å²) in [6, 6.07) is 6.11. The molecule has 1 aliphatic rings. The Morgan fingerprint density at radius 1 is 1.43 bits per heavy atom. The van der Waals surface area contributed by atoms with Crippen LogP contribution in [0.1, 0.15) is 13.8 Å². The summed E-state index contributed by atoms with van der Waals surface area (Å²) in [5.41, 5.74) is 1.18. The molecule has 1 nitrogen and oxygen atoms in total. The third-order valence-electron chi connectivity index (χ3n) is 2.34. The Balaban J connectivity index is 2.50. The zero-order chi connectivity index (χ0) is 10.3. The van der Waals surface area contributed by atoms with E-state index in [9.17, 15) is 0 Å². The Morgan fingerprint density at radius 3 is 2.86 bits per heavy atom. The lowest BCUT2D eigenvalue weighted by molar-refractivity contribution is 0.676. The number of halogens is 1. The predicted octanol–water partition coefficient (Wildman–Crippen LogP) is 3.66. The first-order valence-electron chi connectivity index (χ1n) is 4.68. The summed E-state index contributed by atoms with van der Waals surface area (Å²) < 4.78 is 0.270. The minimum Gasteiger partial charge on any atom is -0.371 e. The van der Waals surface area contributed by atoms with Gasteiger partial charge in [-0.3, -0.25) is 0 Å². The summed E-state index contributed by atoms with van der Waals surface area (Å²) in [7, 11) is 2.10. The molecule has 0 amide bonds. The van der Waals surface area contributed by atoms with Gasteiger partial charge in [-0.1, -0.05) is 17.7 Å².